The molecule has 1 aliphatic rings. The molecule has 1 N–H and O–H groups in total. The van der Waals surface area contributed by atoms with Crippen molar-refractivity contribution in [3.63, 3.8) is 0 Å². The molecule has 2 unspecified atom stereocenters. The summed E-state index contributed by atoms with van der Waals surface area (Å²) in [6, 6.07) is 11.0. The topological polar surface area (TPSA) is 45.0 Å². The molecule has 0 aliphatic heterocycles. The third kappa shape index (κ3) is 3.98. The van der Waals surface area contributed by atoms with Gasteiger partial charge in [-0.05, 0) is 49.8 Å². The van der Waals surface area contributed by atoms with Crippen molar-refractivity contribution in [2.24, 2.45) is 0 Å². The Balaban J connectivity index is 1.91. The molecule has 0 heterocycles. The number of nitriles is 1. The SMILES string of the molecule is CCC(C)c1ccc(OCC(C)(C#N)NC2CC2)cc1. The molecule has 20 heavy (non-hydrogen) atoms. The second-order valence-corrected chi connectivity index (χ2v) is 6.03. The van der Waals surface area contributed by atoms with Crippen molar-refractivity contribution in [1.82, 2.24) is 5.32 Å². The van der Waals surface area contributed by atoms with Crippen LogP contribution in [0, 0.1) is 11.3 Å². The van der Waals surface area contributed by atoms with Crippen molar-refractivity contribution < 1.29 is 4.74 Å². The first-order valence-corrected chi connectivity index (χ1v) is 7.48. The summed E-state index contributed by atoms with van der Waals surface area (Å²) in [6.45, 7) is 6.70. The summed E-state index contributed by atoms with van der Waals surface area (Å²) >= 11 is 0. The van der Waals surface area contributed by atoms with Crippen LogP contribution < -0.4 is 10.1 Å². The molecule has 0 bridgehead atoms. The van der Waals surface area contributed by atoms with E-state index >= 15 is 0 Å². The second-order valence-electron chi connectivity index (χ2n) is 6.03. The van der Waals surface area contributed by atoms with Crippen molar-refractivity contribution in [3.8, 4) is 11.8 Å². The summed E-state index contributed by atoms with van der Waals surface area (Å²) in [5, 5.41) is 12.6. The van der Waals surface area contributed by atoms with Crippen LogP contribution in [0.2, 0.25) is 0 Å². The largest absolute Gasteiger partial charge is 0.491 e. The van der Waals surface area contributed by atoms with Gasteiger partial charge in [-0.1, -0.05) is 26.0 Å². The number of rotatable bonds is 7. The summed E-state index contributed by atoms with van der Waals surface area (Å²) in [7, 11) is 0. The van der Waals surface area contributed by atoms with Gasteiger partial charge in [0.2, 0.25) is 0 Å². The van der Waals surface area contributed by atoms with Crippen molar-refractivity contribution in [2.75, 3.05) is 6.61 Å². The van der Waals surface area contributed by atoms with Crippen molar-refractivity contribution in [1.29, 1.82) is 5.26 Å². The van der Waals surface area contributed by atoms with Crippen molar-refractivity contribution in [2.45, 2.75) is 57.5 Å². The first-order chi connectivity index (χ1) is 9.56. The van der Waals surface area contributed by atoms with Gasteiger partial charge in [-0.2, -0.15) is 5.26 Å². The van der Waals surface area contributed by atoms with Gasteiger partial charge < -0.3 is 4.74 Å². The lowest BCUT2D eigenvalue weighted by molar-refractivity contribution is 0.232. The van der Waals surface area contributed by atoms with E-state index in [1.165, 1.54) is 18.4 Å². The predicted molar refractivity (Wildman–Crippen MR) is 80.8 cm³/mol. The van der Waals surface area contributed by atoms with Crippen LogP contribution >= 0.6 is 0 Å². The summed E-state index contributed by atoms with van der Waals surface area (Å²) in [6.07, 6.45) is 3.47. The van der Waals surface area contributed by atoms with Crippen molar-refractivity contribution >= 4 is 0 Å². The lowest BCUT2D eigenvalue weighted by Crippen LogP contribution is -2.47. The molecule has 0 amide bonds. The lowest BCUT2D eigenvalue weighted by Gasteiger charge is -2.23. The standard InChI is InChI=1S/C17H24N2O/c1-4-13(2)14-5-9-16(10-6-14)20-12-17(3,11-18)19-15-7-8-15/h5-6,9-10,13,15,19H,4,7-8,12H2,1-3H3. The van der Waals surface area contributed by atoms with E-state index in [0.717, 1.165) is 12.2 Å². The maximum Gasteiger partial charge on any atom is 0.138 e. The van der Waals surface area contributed by atoms with Crippen molar-refractivity contribution in [3.05, 3.63) is 29.8 Å². The molecular formula is C17H24N2O. The van der Waals surface area contributed by atoms with E-state index in [1.807, 2.05) is 19.1 Å². The highest BCUT2D eigenvalue weighted by Gasteiger charge is 2.33. The van der Waals surface area contributed by atoms with Gasteiger partial charge in [0.15, 0.2) is 0 Å². The predicted octanol–water partition coefficient (Wildman–Crippen LogP) is 3.61. The Kier molecular flexibility index (Phi) is 4.67. The highest BCUT2D eigenvalue weighted by molar-refractivity contribution is 5.29. The fraction of sp³-hybridized carbons (Fsp3) is 0.588. The Hall–Kier alpha value is -1.53. The number of nitrogens with zero attached hydrogens (tertiary/aromatic N) is 1. The molecule has 2 atom stereocenters. The molecule has 0 radical (unpaired) electrons. The first kappa shape index (κ1) is 14.9. The molecule has 1 aromatic carbocycles. The molecule has 3 nitrogen and oxygen atoms in total. The number of hydrogen-bond donors (Lipinski definition) is 1. The third-order valence-corrected chi connectivity index (χ3v) is 3.94. The van der Waals surface area contributed by atoms with E-state index in [4.69, 9.17) is 4.74 Å². The normalized spacial score (nSPS) is 18.9. The second kappa shape index (κ2) is 6.28. The summed E-state index contributed by atoms with van der Waals surface area (Å²) in [5.41, 5.74) is 0.732. The van der Waals surface area contributed by atoms with Crippen LogP contribution in [0.25, 0.3) is 0 Å². The highest BCUT2D eigenvalue weighted by Crippen LogP contribution is 2.24. The van der Waals surface area contributed by atoms with E-state index in [-0.39, 0.29) is 0 Å². The van der Waals surface area contributed by atoms with Gasteiger partial charge in [-0.3, -0.25) is 5.32 Å². The average Bonchev–Trinajstić information content (AvgIpc) is 3.28. The fourth-order valence-corrected chi connectivity index (χ4v) is 2.14. The summed E-state index contributed by atoms with van der Waals surface area (Å²) < 4.78 is 5.77. The Labute approximate surface area is 121 Å². The molecule has 3 heteroatoms. The van der Waals surface area contributed by atoms with E-state index in [1.54, 1.807) is 0 Å². The van der Waals surface area contributed by atoms with Crippen LogP contribution in [-0.2, 0) is 0 Å². The van der Waals surface area contributed by atoms with E-state index in [2.05, 4.69) is 37.4 Å². The zero-order valence-corrected chi connectivity index (χ0v) is 12.6. The molecule has 108 valence electrons. The fourth-order valence-electron chi connectivity index (χ4n) is 2.14. The number of benzene rings is 1. The molecule has 1 aliphatic carbocycles. The summed E-state index contributed by atoms with van der Waals surface area (Å²) in [5.74, 6) is 1.40. The maximum absolute atomic E-state index is 9.30. The maximum atomic E-state index is 9.30. The van der Waals surface area contributed by atoms with E-state index in [0.29, 0.717) is 18.6 Å². The summed E-state index contributed by atoms with van der Waals surface area (Å²) in [4.78, 5) is 0. The Morgan fingerprint density at radius 2 is 2.05 bits per heavy atom. The molecule has 1 fully saturated rings. The van der Waals surface area contributed by atoms with Gasteiger partial charge in [0, 0.05) is 6.04 Å². The minimum absolute atomic E-state index is 0.378. The number of nitrogens with one attached hydrogen (secondary N) is 1. The zero-order valence-electron chi connectivity index (χ0n) is 12.6. The monoisotopic (exact) mass is 272 g/mol. The van der Waals surface area contributed by atoms with E-state index in [9.17, 15) is 5.26 Å². The molecule has 2 rings (SSSR count). The Bertz CT molecular complexity index is 473. The molecule has 0 aromatic heterocycles. The van der Waals surface area contributed by atoms with Crippen LogP contribution in [0.3, 0.4) is 0 Å². The van der Waals surface area contributed by atoms with Gasteiger partial charge in [-0.25, -0.2) is 0 Å². The third-order valence-electron chi connectivity index (χ3n) is 3.94. The Morgan fingerprint density at radius 1 is 1.40 bits per heavy atom. The molecular weight excluding hydrogens is 248 g/mol. The van der Waals surface area contributed by atoms with Crippen LogP contribution in [0.15, 0.2) is 24.3 Å². The minimum atomic E-state index is -0.601. The van der Waals surface area contributed by atoms with Crippen LogP contribution in [0.5, 0.6) is 5.75 Å². The van der Waals surface area contributed by atoms with Gasteiger partial charge in [0.25, 0.3) is 0 Å². The van der Waals surface area contributed by atoms with Crippen LogP contribution in [0.1, 0.15) is 51.5 Å². The quantitative estimate of drug-likeness (QED) is 0.824. The van der Waals surface area contributed by atoms with Gasteiger partial charge >= 0.3 is 0 Å². The number of ether oxygens (including phenoxy) is 1. The molecule has 0 saturated heterocycles. The van der Waals surface area contributed by atoms with E-state index < -0.39 is 5.54 Å². The van der Waals surface area contributed by atoms with Gasteiger partial charge in [0.1, 0.15) is 17.9 Å². The first-order valence-electron chi connectivity index (χ1n) is 7.48. The lowest BCUT2D eigenvalue weighted by atomic mass is 9.99. The Morgan fingerprint density at radius 3 is 2.55 bits per heavy atom. The minimum Gasteiger partial charge on any atom is -0.491 e. The zero-order chi connectivity index (χ0) is 14.6. The smallest absolute Gasteiger partial charge is 0.138 e. The number of hydrogen-bond acceptors (Lipinski definition) is 3. The average molecular weight is 272 g/mol. The van der Waals surface area contributed by atoms with Crippen LogP contribution in [-0.4, -0.2) is 18.2 Å². The highest BCUT2D eigenvalue weighted by atomic mass is 16.5. The molecule has 1 saturated carbocycles. The van der Waals surface area contributed by atoms with Gasteiger partial charge in [0.05, 0.1) is 6.07 Å². The molecule has 1 aromatic rings. The molecule has 0 spiro atoms. The van der Waals surface area contributed by atoms with Gasteiger partial charge in [-0.15, -0.1) is 0 Å². The van der Waals surface area contributed by atoms with Crippen LogP contribution in [0.4, 0.5) is 0 Å².